The van der Waals surface area contributed by atoms with Crippen LogP contribution in [0.3, 0.4) is 0 Å². The van der Waals surface area contributed by atoms with Crippen molar-refractivity contribution in [1.29, 1.82) is 0 Å². The summed E-state index contributed by atoms with van der Waals surface area (Å²) in [4.78, 5) is 13.6. The molecule has 0 aromatic heterocycles. The molecule has 86 valence electrons. The number of amides is 2. The molecule has 1 aliphatic rings. The molecule has 6 heteroatoms. The van der Waals surface area contributed by atoms with Gasteiger partial charge in [-0.2, -0.15) is 0 Å². The summed E-state index contributed by atoms with van der Waals surface area (Å²) >= 11 is 4.77. The first-order chi connectivity index (χ1) is 7.13. The number of ether oxygens (including phenoxy) is 1. The fourth-order valence-corrected chi connectivity index (χ4v) is 1.59. The van der Waals surface area contributed by atoms with Crippen molar-refractivity contribution in [3.05, 3.63) is 0 Å². The van der Waals surface area contributed by atoms with Gasteiger partial charge in [-0.05, 0) is 13.3 Å². The molecule has 0 spiro atoms. The fraction of sp³-hybridized carbons (Fsp3) is 0.778. The van der Waals surface area contributed by atoms with Gasteiger partial charge in [0.2, 0.25) is 0 Å². The number of nitrogens with zero attached hydrogens (tertiary/aromatic N) is 1. The van der Waals surface area contributed by atoms with E-state index < -0.39 is 0 Å². The molecule has 1 atom stereocenters. The number of nitrogens with one attached hydrogen (secondary N) is 1. The normalized spacial score (nSPS) is 19.9. The molecule has 1 saturated heterocycles. The minimum Gasteiger partial charge on any atom is -0.392 e. The van der Waals surface area contributed by atoms with Gasteiger partial charge in [0.05, 0.1) is 24.2 Å². The van der Waals surface area contributed by atoms with Crippen molar-refractivity contribution in [2.75, 3.05) is 26.3 Å². The highest BCUT2D eigenvalue weighted by molar-refractivity contribution is 7.80. The summed E-state index contributed by atoms with van der Waals surface area (Å²) in [5.74, 6) is 0. The highest BCUT2D eigenvalue weighted by atomic mass is 32.1. The third kappa shape index (κ3) is 4.01. The molecule has 0 aliphatic carbocycles. The predicted molar refractivity (Wildman–Crippen MR) is 61.8 cm³/mol. The largest absolute Gasteiger partial charge is 0.392 e. The summed E-state index contributed by atoms with van der Waals surface area (Å²) in [6.45, 7) is 4.12. The first kappa shape index (κ1) is 12.2. The molecule has 5 nitrogen and oxygen atoms in total. The highest BCUT2D eigenvalue weighted by Gasteiger charge is 2.20. The number of carbonyl (C=O) groups is 1. The first-order valence-corrected chi connectivity index (χ1v) is 5.45. The van der Waals surface area contributed by atoms with Crippen LogP contribution < -0.4 is 11.1 Å². The van der Waals surface area contributed by atoms with Crippen LogP contribution in [0.4, 0.5) is 4.79 Å². The molecule has 0 saturated carbocycles. The minimum absolute atomic E-state index is 0.123. The minimum atomic E-state index is -0.124. The van der Waals surface area contributed by atoms with Gasteiger partial charge < -0.3 is 20.7 Å². The number of hydrogen-bond donors (Lipinski definition) is 2. The number of nitrogens with two attached hydrogens (primary N) is 1. The second-order valence-electron chi connectivity index (χ2n) is 3.49. The Morgan fingerprint density at radius 3 is 2.93 bits per heavy atom. The van der Waals surface area contributed by atoms with Gasteiger partial charge in [0.1, 0.15) is 0 Å². The van der Waals surface area contributed by atoms with Crippen molar-refractivity contribution >= 4 is 23.2 Å². The Labute approximate surface area is 94.9 Å². The van der Waals surface area contributed by atoms with Crippen LogP contribution in [0.1, 0.15) is 13.3 Å². The Balaban J connectivity index is 2.38. The Hall–Kier alpha value is -0.880. The molecule has 1 fully saturated rings. The van der Waals surface area contributed by atoms with Crippen LogP contribution in [0.25, 0.3) is 0 Å². The smallest absolute Gasteiger partial charge is 0.318 e. The van der Waals surface area contributed by atoms with Gasteiger partial charge in [-0.1, -0.05) is 12.2 Å². The Morgan fingerprint density at radius 1 is 1.73 bits per heavy atom. The molecule has 1 aliphatic heterocycles. The summed E-state index contributed by atoms with van der Waals surface area (Å²) in [6.07, 6.45) is 0.871. The summed E-state index contributed by atoms with van der Waals surface area (Å²) in [7, 11) is 0. The van der Waals surface area contributed by atoms with Gasteiger partial charge in [0.25, 0.3) is 0 Å². The van der Waals surface area contributed by atoms with Crippen molar-refractivity contribution < 1.29 is 9.53 Å². The Kier molecular flexibility index (Phi) is 4.77. The lowest BCUT2D eigenvalue weighted by molar-refractivity contribution is 0.181. The predicted octanol–water partition coefficient (Wildman–Crippen LogP) is 0.0929. The lowest BCUT2D eigenvalue weighted by Gasteiger charge is -2.22. The van der Waals surface area contributed by atoms with E-state index in [1.807, 2.05) is 6.92 Å². The fourth-order valence-electron chi connectivity index (χ4n) is 1.43. The molecule has 0 radical (unpaired) electrons. The SMILES string of the molecule is CCN(CC(N)=S)C(=O)NC1CCOC1. The van der Waals surface area contributed by atoms with Crippen LogP contribution in [-0.4, -0.2) is 48.3 Å². The zero-order valence-electron chi connectivity index (χ0n) is 8.86. The second kappa shape index (κ2) is 5.87. The molecule has 1 unspecified atom stereocenters. The number of hydrogen-bond acceptors (Lipinski definition) is 3. The molecule has 1 heterocycles. The lowest BCUT2D eigenvalue weighted by atomic mass is 10.3. The van der Waals surface area contributed by atoms with Crippen molar-refractivity contribution in [3.8, 4) is 0 Å². The maximum atomic E-state index is 11.7. The van der Waals surface area contributed by atoms with Crippen LogP contribution in [-0.2, 0) is 4.74 Å². The van der Waals surface area contributed by atoms with E-state index in [4.69, 9.17) is 22.7 Å². The Morgan fingerprint density at radius 2 is 2.47 bits per heavy atom. The number of thiocarbonyl (C=S) groups is 1. The molecule has 3 N–H and O–H groups in total. The van der Waals surface area contributed by atoms with Crippen molar-refractivity contribution in [1.82, 2.24) is 10.2 Å². The molecular formula is C9H17N3O2S. The molecule has 1 rings (SSSR count). The Bertz CT molecular complexity index is 242. The van der Waals surface area contributed by atoms with Crippen molar-refractivity contribution in [3.63, 3.8) is 0 Å². The molecule has 2 amide bonds. The molecule has 0 aromatic carbocycles. The van der Waals surface area contributed by atoms with Gasteiger partial charge in [0.15, 0.2) is 0 Å². The molecular weight excluding hydrogens is 214 g/mol. The van der Waals surface area contributed by atoms with E-state index in [2.05, 4.69) is 5.32 Å². The maximum Gasteiger partial charge on any atom is 0.318 e. The van der Waals surface area contributed by atoms with Gasteiger partial charge in [-0.3, -0.25) is 0 Å². The average Bonchev–Trinajstić information content (AvgIpc) is 2.66. The standard InChI is InChI=1S/C9H17N3O2S/c1-2-12(5-8(10)15)9(13)11-7-3-4-14-6-7/h7H,2-6H2,1H3,(H2,10,15)(H,11,13). The van der Waals surface area contributed by atoms with Crippen LogP contribution >= 0.6 is 12.2 Å². The van der Waals surface area contributed by atoms with E-state index in [0.29, 0.717) is 31.3 Å². The summed E-state index contributed by atoms with van der Waals surface area (Å²) in [6, 6.07) is -0.00121. The second-order valence-corrected chi connectivity index (χ2v) is 4.01. The number of rotatable bonds is 4. The van der Waals surface area contributed by atoms with Gasteiger partial charge >= 0.3 is 6.03 Å². The summed E-state index contributed by atoms with van der Waals surface area (Å²) < 4.78 is 5.17. The maximum absolute atomic E-state index is 11.7. The zero-order chi connectivity index (χ0) is 11.3. The van der Waals surface area contributed by atoms with Gasteiger partial charge in [0, 0.05) is 13.2 Å². The van der Waals surface area contributed by atoms with E-state index in [0.717, 1.165) is 6.42 Å². The van der Waals surface area contributed by atoms with Crippen LogP contribution in [0.5, 0.6) is 0 Å². The van der Waals surface area contributed by atoms with Crippen molar-refractivity contribution in [2.24, 2.45) is 5.73 Å². The first-order valence-electron chi connectivity index (χ1n) is 5.05. The van der Waals surface area contributed by atoms with E-state index in [9.17, 15) is 4.79 Å². The summed E-state index contributed by atoms with van der Waals surface area (Å²) in [5, 5.41) is 2.88. The topological polar surface area (TPSA) is 67.6 Å². The average molecular weight is 231 g/mol. The van der Waals surface area contributed by atoms with Crippen LogP contribution in [0.2, 0.25) is 0 Å². The van der Waals surface area contributed by atoms with Crippen LogP contribution in [0, 0.1) is 0 Å². The number of carbonyl (C=O) groups excluding carboxylic acids is 1. The van der Waals surface area contributed by atoms with Crippen molar-refractivity contribution in [2.45, 2.75) is 19.4 Å². The zero-order valence-corrected chi connectivity index (χ0v) is 9.68. The van der Waals surface area contributed by atoms with E-state index in [1.165, 1.54) is 0 Å². The third-order valence-corrected chi connectivity index (χ3v) is 2.40. The lowest BCUT2D eigenvalue weighted by Crippen LogP contribution is -2.47. The molecule has 0 bridgehead atoms. The van der Waals surface area contributed by atoms with E-state index >= 15 is 0 Å². The van der Waals surface area contributed by atoms with E-state index in [-0.39, 0.29) is 12.1 Å². The van der Waals surface area contributed by atoms with Gasteiger partial charge in [-0.25, -0.2) is 4.79 Å². The quantitative estimate of drug-likeness (QED) is 0.673. The number of likely N-dealkylation sites (N-methyl/N-ethyl adjacent to an activating group) is 1. The number of urea groups is 1. The highest BCUT2D eigenvalue weighted by Crippen LogP contribution is 2.04. The monoisotopic (exact) mass is 231 g/mol. The molecule has 15 heavy (non-hydrogen) atoms. The summed E-state index contributed by atoms with van der Waals surface area (Å²) in [5.41, 5.74) is 5.40. The van der Waals surface area contributed by atoms with Crippen LogP contribution in [0.15, 0.2) is 0 Å². The molecule has 0 aromatic rings. The van der Waals surface area contributed by atoms with E-state index in [1.54, 1.807) is 4.90 Å². The third-order valence-electron chi connectivity index (χ3n) is 2.27. The van der Waals surface area contributed by atoms with Gasteiger partial charge in [-0.15, -0.1) is 0 Å².